The molecule has 0 saturated heterocycles. The molecule has 4 nitrogen and oxygen atoms in total. The van der Waals surface area contributed by atoms with Crippen molar-refractivity contribution in [2.24, 2.45) is 11.1 Å². The van der Waals surface area contributed by atoms with Crippen molar-refractivity contribution in [3.8, 4) is 0 Å². The van der Waals surface area contributed by atoms with Gasteiger partial charge in [-0.25, -0.2) is 0 Å². The van der Waals surface area contributed by atoms with Crippen molar-refractivity contribution in [1.82, 2.24) is 9.78 Å². The van der Waals surface area contributed by atoms with E-state index in [0.29, 0.717) is 6.04 Å². The first-order chi connectivity index (χ1) is 9.91. The van der Waals surface area contributed by atoms with E-state index in [2.05, 4.69) is 37.7 Å². The van der Waals surface area contributed by atoms with Gasteiger partial charge in [0.25, 0.3) is 0 Å². The zero-order chi connectivity index (χ0) is 15.5. The van der Waals surface area contributed by atoms with E-state index in [9.17, 15) is 0 Å². The lowest BCUT2D eigenvalue weighted by Gasteiger charge is -2.33. The molecule has 1 aliphatic rings. The highest BCUT2D eigenvalue weighted by atomic mass is 16.5. The Hall–Kier alpha value is -0.870. The lowest BCUT2D eigenvalue weighted by atomic mass is 9.83. The van der Waals surface area contributed by atoms with Crippen molar-refractivity contribution in [3.05, 3.63) is 18.0 Å². The molecule has 0 radical (unpaired) electrons. The maximum absolute atomic E-state index is 6.36. The molecular weight excluding hydrogens is 262 g/mol. The molecular formula is C17H31N3O. The first-order valence-electron chi connectivity index (χ1n) is 8.24. The number of aromatic nitrogens is 2. The molecule has 120 valence electrons. The van der Waals surface area contributed by atoms with Gasteiger partial charge in [-0.1, -0.05) is 40.0 Å². The Morgan fingerprint density at radius 1 is 1.33 bits per heavy atom. The summed E-state index contributed by atoms with van der Waals surface area (Å²) in [4.78, 5) is 0. The van der Waals surface area contributed by atoms with E-state index >= 15 is 0 Å². The minimum Gasteiger partial charge on any atom is -0.379 e. The van der Waals surface area contributed by atoms with E-state index in [-0.39, 0.29) is 17.6 Å². The SMILES string of the molecule is COC(C(N)Cc1ccn(C2CCCCC2)n1)C(C)(C)C. The maximum Gasteiger partial charge on any atom is 0.0774 e. The van der Waals surface area contributed by atoms with Gasteiger partial charge >= 0.3 is 0 Å². The number of nitrogens with two attached hydrogens (primary N) is 1. The number of rotatable bonds is 5. The van der Waals surface area contributed by atoms with Crippen LogP contribution in [0.4, 0.5) is 0 Å². The van der Waals surface area contributed by atoms with Crippen LogP contribution in [0.1, 0.15) is 64.6 Å². The Labute approximate surface area is 129 Å². The molecule has 2 unspecified atom stereocenters. The van der Waals surface area contributed by atoms with Crippen molar-refractivity contribution < 1.29 is 4.74 Å². The summed E-state index contributed by atoms with van der Waals surface area (Å²) >= 11 is 0. The Balaban J connectivity index is 1.98. The molecule has 4 heteroatoms. The highest BCUT2D eigenvalue weighted by Crippen LogP contribution is 2.28. The van der Waals surface area contributed by atoms with Crippen LogP contribution in [0, 0.1) is 5.41 Å². The van der Waals surface area contributed by atoms with Crippen LogP contribution in [-0.4, -0.2) is 29.0 Å². The summed E-state index contributed by atoms with van der Waals surface area (Å²) < 4.78 is 7.77. The number of hydrogen-bond donors (Lipinski definition) is 1. The quantitative estimate of drug-likeness (QED) is 0.906. The summed E-state index contributed by atoms with van der Waals surface area (Å²) in [6.07, 6.45) is 9.48. The molecule has 2 atom stereocenters. The van der Waals surface area contributed by atoms with Crippen LogP contribution in [-0.2, 0) is 11.2 Å². The van der Waals surface area contributed by atoms with E-state index in [1.165, 1.54) is 32.1 Å². The predicted molar refractivity (Wildman–Crippen MR) is 86.3 cm³/mol. The van der Waals surface area contributed by atoms with Gasteiger partial charge in [0.05, 0.1) is 17.8 Å². The van der Waals surface area contributed by atoms with Crippen LogP contribution in [0.3, 0.4) is 0 Å². The van der Waals surface area contributed by atoms with Gasteiger partial charge in [-0.2, -0.15) is 5.10 Å². The van der Waals surface area contributed by atoms with Crippen LogP contribution in [0.25, 0.3) is 0 Å². The van der Waals surface area contributed by atoms with Crippen LogP contribution >= 0.6 is 0 Å². The van der Waals surface area contributed by atoms with Crippen molar-refractivity contribution in [2.75, 3.05) is 7.11 Å². The molecule has 0 aromatic carbocycles. The number of ether oxygens (including phenoxy) is 1. The third kappa shape index (κ3) is 4.30. The smallest absolute Gasteiger partial charge is 0.0774 e. The topological polar surface area (TPSA) is 53.1 Å². The van der Waals surface area contributed by atoms with Gasteiger partial charge in [0.1, 0.15) is 0 Å². The second kappa shape index (κ2) is 6.93. The zero-order valence-electron chi connectivity index (χ0n) is 14.0. The van der Waals surface area contributed by atoms with Crippen molar-refractivity contribution in [2.45, 2.75) is 77.5 Å². The highest BCUT2D eigenvalue weighted by molar-refractivity contribution is 5.04. The Morgan fingerprint density at radius 3 is 2.57 bits per heavy atom. The monoisotopic (exact) mass is 293 g/mol. The molecule has 1 heterocycles. The number of nitrogens with zero attached hydrogens (tertiary/aromatic N) is 2. The summed E-state index contributed by atoms with van der Waals surface area (Å²) in [6.45, 7) is 6.50. The molecule has 1 aromatic rings. The number of hydrogen-bond acceptors (Lipinski definition) is 3. The van der Waals surface area contributed by atoms with E-state index in [4.69, 9.17) is 15.6 Å². The van der Waals surface area contributed by atoms with Crippen molar-refractivity contribution in [3.63, 3.8) is 0 Å². The van der Waals surface area contributed by atoms with E-state index < -0.39 is 0 Å². The standard InChI is InChI=1S/C17H31N3O/c1-17(2,3)16(21-4)15(18)12-13-10-11-20(19-13)14-8-6-5-7-9-14/h10-11,14-16H,5-9,12,18H2,1-4H3. The molecule has 0 spiro atoms. The van der Waals surface area contributed by atoms with Gasteiger partial charge in [-0.3, -0.25) is 4.68 Å². The minimum atomic E-state index is -0.0234. The van der Waals surface area contributed by atoms with Gasteiger partial charge in [-0.05, 0) is 24.3 Å². The summed E-state index contributed by atoms with van der Waals surface area (Å²) in [7, 11) is 1.75. The highest BCUT2D eigenvalue weighted by Gasteiger charge is 2.30. The molecule has 1 saturated carbocycles. The minimum absolute atomic E-state index is 0.0234. The predicted octanol–water partition coefficient (Wildman–Crippen LogP) is 3.32. The molecule has 0 bridgehead atoms. The Kier molecular flexibility index (Phi) is 5.44. The van der Waals surface area contributed by atoms with Crippen molar-refractivity contribution >= 4 is 0 Å². The molecule has 21 heavy (non-hydrogen) atoms. The first kappa shape index (κ1) is 16.5. The third-order valence-electron chi connectivity index (χ3n) is 4.55. The van der Waals surface area contributed by atoms with E-state index in [0.717, 1.165) is 12.1 Å². The van der Waals surface area contributed by atoms with Gasteiger partial charge in [0.15, 0.2) is 0 Å². The van der Waals surface area contributed by atoms with Crippen molar-refractivity contribution in [1.29, 1.82) is 0 Å². The lowest BCUT2D eigenvalue weighted by molar-refractivity contribution is -0.00188. The fourth-order valence-electron chi connectivity index (χ4n) is 3.55. The van der Waals surface area contributed by atoms with Crippen LogP contribution in [0.5, 0.6) is 0 Å². The largest absolute Gasteiger partial charge is 0.379 e. The summed E-state index contributed by atoms with van der Waals surface area (Å²) in [5, 5.41) is 4.75. The molecule has 2 N–H and O–H groups in total. The summed E-state index contributed by atoms with van der Waals surface area (Å²) in [5.41, 5.74) is 7.48. The fraction of sp³-hybridized carbons (Fsp3) is 0.824. The average molecular weight is 293 g/mol. The average Bonchev–Trinajstić information content (AvgIpc) is 2.87. The second-order valence-electron chi connectivity index (χ2n) is 7.47. The Bertz CT molecular complexity index is 429. The molecule has 1 aromatic heterocycles. The first-order valence-corrected chi connectivity index (χ1v) is 8.24. The maximum atomic E-state index is 6.36. The van der Waals surface area contributed by atoms with Crippen LogP contribution in [0.15, 0.2) is 12.3 Å². The van der Waals surface area contributed by atoms with Gasteiger partial charge in [0, 0.05) is 25.8 Å². The second-order valence-corrected chi connectivity index (χ2v) is 7.47. The normalized spacial score (nSPS) is 20.4. The van der Waals surface area contributed by atoms with E-state index in [1.807, 2.05) is 0 Å². The number of methoxy groups -OCH3 is 1. The van der Waals surface area contributed by atoms with Crippen LogP contribution < -0.4 is 5.73 Å². The zero-order valence-corrected chi connectivity index (χ0v) is 14.0. The molecule has 1 fully saturated rings. The molecule has 0 aliphatic heterocycles. The molecule has 1 aliphatic carbocycles. The lowest BCUT2D eigenvalue weighted by Crippen LogP contribution is -2.46. The summed E-state index contributed by atoms with van der Waals surface area (Å²) in [5.74, 6) is 0. The molecule has 0 amide bonds. The van der Waals surface area contributed by atoms with E-state index in [1.54, 1.807) is 7.11 Å². The van der Waals surface area contributed by atoms with Gasteiger partial charge in [0.2, 0.25) is 0 Å². The Morgan fingerprint density at radius 2 is 2.00 bits per heavy atom. The third-order valence-corrected chi connectivity index (χ3v) is 4.55. The van der Waals surface area contributed by atoms with Gasteiger partial charge in [-0.15, -0.1) is 0 Å². The fourth-order valence-corrected chi connectivity index (χ4v) is 3.55. The van der Waals surface area contributed by atoms with Gasteiger partial charge < -0.3 is 10.5 Å². The molecule has 2 rings (SSSR count). The summed E-state index contributed by atoms with van der Waals surface area (Å²) in [6, 6.07) is 2.68. The van der Waals surface area contributed by atoms with Crippen LogP contribution in [0.2, 0.25) is 0 Å².